The van der Waals surface area contributed by atoms with Crippen molar-refractivity contribution in [2.75, 3.05) is 14.2 Å². The van der Waals surface area contributed by atoms with Gasteiger partial charge in [-0.1, -0.05) is 24.3 Å². The van der Waals surface area contributed by atoms with Gasteiger partial charge in [-0.2, -0.15) is 0 Å². The minimum atomic E-state index is 0.337. The van der Waals surface area contributed by atoms with Gasteiger partial charge in [0.1, 0.15) is 5.75 Å². The van der Waals surface area contributed by atoms with Crippen LogP contribution in [0.3, 0.4) is 0 Å². The van der Waals surface area contributed by atoms with Crippen molar-refractivity contribution in [3.63, 3.8) is 0 Å². The van der Waals surface area contributed by atoms with Gasteiger partial charge in [0.15, 0.2) is 0 Å². The molecule has 1 atom stereocenters. The fourth-order valence-corrected chi connectivity index (χ4v) is 2.75. The van der Waals surface area contributed by atoms with Gasteiger partial charge in [0.05, 0.1) is 13.4 Å². The van der Waals surface area contributed by atoms with Crippen molar-refractivity contribution in [3.05, 3.63) is 78.4 Å². The summed E-state index contributed by atoms with van der Waals surface area (Å²) < 4.78 is 7.23. The van der Waals surface area contributed by atoms with Crippen molar-refractivity contribution in [2.24, 2.45) is 0 Å². The number of methoxy groups -OCH3 is 1. The maximum Gasteiger partial charge on any atom is 0.118 e. The third-order valence-electron chi connectivity index (χ3n) is 4.43. The van der Waals surface area contributed by atoms with E-state index in [0.717, 1.165) is 18.0 Å². The Balaban J connectivity index is 1.66. The summed E-state index contributed by atoms with van der Waals surface area (Å²) in [6, 6.07) is 17.2. The second-order valence-corrected chi connectivity index (χ2v) is 6.00. The number of ether oxygens (including phenoxy) is 1. The van der Waals surface area contributed by atoms with Gasteiger partial charge in [-0.25, -0.2) is 4.98 Å². The maximum absolute atomic E-state index is 5.23. The Hall–Kier alpha value is -2.59. The smallest absolute Gasteiger partial charge is 0.118 e. The number of hydrogen-bond donors (Lipinski definition) is 0. The van der Waals surface area contributed by atoms with Crippen molar-refractivity contribution < 1.29 is 4.74 Å². The van der Waals surface area contributed by atoms with E-state index in [9.17, 15) is 0 Å². The van der Waals surface area contributed by atoms with Crippen LogP contribution >= 0.6 is 0 Å². The zero-order valence-corrected chi connectivity index (χ0v) is 14.4. The molecule has 0 saturated heterocycles. The second kappa shape index (κ2) is 7.32. The number of benzene rings is 2. The van der Waals surface area contributed by atoms with Crippen LogP contribution < -0.4 is 4.74 Å². The number of rotatable bonds is 6. The van der Waals surface area contributed by atoms with Crippen LogP contribution in [0, 0.1) is 0 Å². The normalized spacial score (nSPS) is 12.3. The molecule has 0 fully saturated rings. The first-order valence-corrected chi connectivity index (χ1v) is 8.09. The molecule has 0 aliphatic carbocycles. The summed E-state index contributed by atoms with van der Waals surface area (Å²) in [6.45, 7) is 3.12. The van der Waals surface area contributed by atoms with Crippen molar-refractivity contribution in [1.82, 2.24) is 14.5 Å². The molecule has 2 aromatic carbocycles. The summed E-state index contributed by atoms with van der Waals surface area (Å²) in [7, 11) is 3.84. The van der Waals surface area contributed by atoms with Gasteiger partial charge in [-0.05, 0) is 49.4 Å². The summed E-state index contributed by atoms with van der Waals surface area (Å²) in [5.74, 6) is 0.892. The molecule has 0 N–H and O–H groups in total. The van der Waals surface area contributed by atoms with Crippen LogP contribution in [0.15, 0.2) is 67.3 Å². The fraction of sp³-hybridized carbons (Fsp3) is 0.250. The third-order valence-corrected chi connectivity index (χ3v) is 4.43. The van der Waals surface area contributed by atoms with Gasteiger partial charge in [0.2, 0.25) is 0 Å². The molecule has 0 spiro atoms. The molecule has 1 unspecified atom stereocenters. The highest BCUT2D eigenvalue weighted by Crippen LogP contribution is 2.23. The predicted octanol–water partition coefficient (Wildman–Crippen LogP) is 4.07. The largest absolute Gasteiger partial charge is 0.497 e. The molecule has 3 aromatic rings. The van der Waals surface area contributed by atoms with Crippen molar-refractivity contribution in [3.8, 4) is 11.4 Å². The molecule has 0 radical (unpaired) electrons. The highest BCUT2D eigenvalue weighted by molar-refractivity contribution is 5.34. The number of imidazole rings is 1. The molecule has 0 amide bonds. The molecule has 0 bridgehead atoms. The molecular weight excluding hydrogens is 298 g/mol. The lowest BCUT2D eigenvalue weighted by molar-refractivity contribution is 0.253. The summed E-state index contributed by atoms with van der Waals surface area (Å²) in [5, 5.41) is 0. The Morgan fingerprint density at radius 2 is 1.79 bits per heavy atom. The first-order valence-electron chi connectivity index (χ1n) is 8.09. The predicted molar refractivity (Wildman–Crippen MR) is 96.4 cm³/mol. The summed E-state index contributed by atoms with van der Waals surface area (Å²) >= 11 is 0. The third kappa shape index (κ3) is 3.66. The highest BCUT2D eigenvalue weighted by atomic mass is 16.5. The molecule has 124 valence electrons. The first-order chi connectivity index (χ1) is 11.7. The average Bonchev–Trinajstić information content (AvgIpc) is 3.16. The minimum absolute atomic E-state index is 0.337. The van der Waals surface area contributed by atoms with E-state index in [1.54, 1.807) is 13.3 Å². The van der Waals surface area contributed by atoms with Crippen LogP contribution in [0.5, 0.6) is 5.75 Å². The van der Waals surface area contributed by atoms with Crippen molar-refractivity contribution in [1.29, 1.82) is 0 Å². The molecular formula is C20H23N3O. The average molecular weight is 321 g/mol. The number of nitrogens with zero attached hydrogens (tertiary/aromatic N) is 3. The summed E-state index contributed by atoms with van der Waals surface area (Å²) in [4.78, 5) is 6.43. The Labute approximate surface area is 143 Å². The van der Waals surface area contributed by atoms with E-state index in [1.807, 2.05) is 29.2 Å². The van der Waals surface area contributed by atoms with E-state index in [-0.39, 0.29) is 0 Å². The molecule has 4 heteroatoms. The first kappa shape index (κ1) is 16.3. The van der Waals surface area contributed by atoms with Crippen molar-refractivity contribution >= 4 is 0 Å². The van der Waals surface area contributed by atoms with E-state index < -0.39 is 0 Å². The van der Waals surface area contributed by atoms with Crippen LogP contribution in [-0.2, 0) is 6.54 Å². The van der Waals surface area contributed by atoms with Crippen LogP contribution in [0.25, 0.3) is 5.69 Å². The van der Waals surface area contributed by atoms with E-state index in [1.165, 1.54) is 11.1 Å². The lowest BCUT2D eigenvalue weighted by Gasteiger charge is -2.25. The minimum Gasteiger partial charge on any atom is -0.497 e. The monoisotopic (exact) mass is 321 g/mol. The Bertz CT molecular complexity index is 749. The molecule has 3 rings (SSSR count). The molecule has 4 nitrogen and oxygen atoms in total. The number of aromatic nitrogens is 2. The lowest BCUT2D eigenvalue weighted by atomic mass is 10.1. The van der Waals surface area contributed by atoms with E-state index >= 15 is 0 Å². The Morgan fingerprint density at radius 1 is 1.08 bits per heavy atom. The van der Waals surface area contributed by atoms with Crippen molar-refractivity contribution in [2.45, 2.75) is 19.5 Å². The van der Waals surface area contributed by atoms with Gasteiger partial charge in [-0.15, -0.1) is 0 Å². The topological polar surface area (TPSA) is 30.3 Å². The van der Waals surface area contributed by atoms with Crippen LogP contribution in [0.1, 0.15) is 24.1 Å². The SMILES string of the molecule is COc1ccc(C(C)N(C)Cc2ccc(-n3ccnc3)cc2)cc1. The molecule has 0 aliphatic rings. The summed E-state index contributed by atoms with van der Waals surface area (Å²) in [6.07, 6.45) is 5.55. The summed E-state index contributed by atoms with van der Waals surface area (Å²) in [5.41, 5.74) is 3.71. The van der Waals surface area contributed by atoms with Gasteiger partial charge < -0.3 is 9.30 Å². The highest BCUT2D eigenvalue weighted by Gasteiger charge is 2.12. The fourth-order valence-electron chi connectivity index (χ4n) is 2.75. The van der Waals surface area contributed by atoms with Crippen LogP contribution in [0.2, 0.25) is 0 Å². The quantitative estimate of drug-likeness (QED) is 0.685. The van der Waals surface area contributed by atoms with E-state index in [2.05, 4.69) is 60.3 Å². The van der Waals surface area contributed by atoms with Gasteiger partial charge in [0.25, 0.3) is 0 Å². The van der Waals surface area contributed by atoms with Crippen LogP contribution in [-0.4, -0.2) is 28.6 Å². The molecule has 0 aliphatic heterocycles. The van der Waals surface area contributed by atoms with Gasteiger partial charge in [0, 0.05) is 30.7 Å². The Kier molecular flexibility index (Phi) is 4.96. The lowest BCUT2D eigenvalue weighted by Crippen LogP contribution is -2.21. The van der Waals surface area contributed by atoms with Crippen LogP contribution in [0.4, 0.5) is 0 Å². The molecule has 0 saturated carbocycles. The van der Waals surface area contributed by atoms with E-state index in [0.29, 0.717) is 6.04 Å². The van der Waals surface area contributed by atoms with Gasteiger partial charge >= 0.3 is 0 Å². The Morgan fingerprint density at radius 3 is 2.38 bits per heavy atom. The zero-order valence-electron chi connectivity index (χ0n) is 14.4. The zero-order chi connectivity index (χ0) is 16.9. The van der Waals surface area contributed by atoms with Gasteiger partial charge in [-0.3, -0.25) is 4.90 Å². The standard InChI is InChI=1S/C20H23N3O/c1-16(18-6-10-20(24-3)11-7-18)22(2)14-17-4-8-19(9-5-17)23-13-12-21-15-23/h4-13,15-16H,14H2,1-3H3. The van der Waals surface area contributed by atoms with E-state index in [4.69, 9.17) is 4.74 Å². The molecule has 1 aromatic heterocycles. The maximum atomic E-state index is 5.23. The molecule has 1 heterocycles. The molecule has 24 heavy (non-hydrogen) atoms. The number of hydrogen-bond acceptors (Lipinski definition) is 3. The second-order valence-electron chi connectivity index (χ2n) is 6.00.